The van der Waals surface area contributed by atoms with E-state index in [4.69, 9.17) is 11.5 Å². The van der Waals surface area contributed by atoms with E-state index < -0.39 is 0 Å². The van der Waals surface area contributed by atoms with E-state index in [1.807, 2.05) is 13.0 Å². The van der Waals surface area contributed by atoms with Gasteiger partial charge in [0, 0.05) is 17.3 Å². The monoisotopic (exact) mass is 252 g/mol. The average Bonchev–Trinajstić information content (AvgIpc) is 2.42. The van der Waals surface area contributed by atoms with E-state index in [9.17, 15) is 0 Å². The molecule has 0 aliphatic heterocycles. The fourth-order valence-corrected chi connectivity index (χ4v) is 3.14. The zero-order chi connectivity index (χ0) is 13.4. The lowest BCUT2D eigenvalue weighted by Gasteiger charge is -2.27. The first-order valence-corrected chi connectivity index (χ1v) is 6.90. The highest BCUT2D eigenvalue weighted by Gasteiger charge is 2.23. The molecule has 98 valence electrons. The molecule has 4 N–H and O–H groups in total. The van der Waals surface area contributed by atoms with Gasteiger partial charge in [0.15, 0.2) is 0 Å². The Hall–Kier alpha value is -1.96. The Balaban J connectivity index is 2.11. The summed E-state index contributed by atoms with van der Waals surface area (Å²) in [7, 11) is 0. The van der Waals surface area contributed by atoms with Crippen LogP contribution in [0.1, 0.15) is 41.0 Å². The maximum atomic E-state index is 6.20. The molecule has 1 aliphatic carbocycles. The lowest BCUT2D eigenvalue weighted by molar-refractivity contribution is 0.617. The van der Waals surface area contributed by atoms with Gasteiger partial charge in [-0.25, -0.2) is 0 Å². The summed E-state index contributed by atoms with van der Waals surface area (Å²) in [6.07, 6.45) is 3.58. The molecule has 0 amide bonds. The van der Waals surface area contributed by atoms with Gasteiger partial charge >= 0.3 is 0 Å². The minimum Gasteiger partial charge on any atom is -0.398 e. The second kappa shape index (κ2) is 4.61. The van der Waals surface area contributed by atoms with Crippen LogP contribution in [-0.2, 0) is 6.42 Å². The first kappa shape index (κ1) is 12.1. The third kappa shape index (κ3) is 2.07. The maximum absolute atomic E-state index is 6.20. The van der Waals surface area contributed by atoms with Gasteiger partial charge in [0.05, 0.1) is 0 Å². The van der Waals surface area contributed by atoms with Crippen molar-refractivity contribution in [3.05, 3.63) is 58.7 Å². The van der Waals surface area contributed by atoms with Crippen molar-refractivity contribution in [2.75, 3.05) is 11.5 Å². The van der Waals surface area contributed by atoms with Gasteiger partial charge in [-0.2, -0.15) is 0 Å². The molecular formula is C17H20N2. The average molecular weight is 252 g/mol. The van der Waals surface area contributed by atoms with Crippen LogP contribution in [0.4, 0.5) is 11.4 Å². The molecule has 2 nitrogen and oxygen atoms in total. The number of hydrogen-bond donors (Lipinski definition) is 2. The molecule has 1 atom stereocenters. The van der Waals surface area contributed by atoms with Gasteiger partial charge in [0.1, 0.15) is 0 Å². The molecule has 2 heteroatoms. The van der Waals surface area contributed by atoms with Crippen molar-refractivity contribution in [1.82, 2.24) is 0 Å². The molecule has 3 rings (SSSR count). The van der Waals surface area contributed by atoms with Gasteiger partial charge < -0.3 is 11.5 Å². The summed E-state index contributed by atoms with van der Waals surface area (Å²) in [5, 5.41) is 0. The summed E-state index contributed by atoms with van der Waals surface area (Å²) < 4.78 is 0. The van der Waals surface area contributed by atoms with E-state index in [-0.39, 0.29) is 0 Å². The van der Waals surface area contributed by atoms with Crippen molar-refractivity contribution >= 4 is 11.4 Å². The Morgan fingerprint density at radius 1 is 1.00 bits per heavy atom. The molecule has 2 aromatic carbocycles. The number of rotatable bonds is 1. The van der Waals surface area contributed by atoms with Crippen LogP contribution in [0.25, 0.3) is 0 Å². The lowest BCUT2D eigenvalue weighted by Crippen LogP contribution is -2.13. The van der Waals surface area contributed by atoms with Crippen LogP contribution in [0.2, 0.25) is 0 Å². The van der Waals surface area contributed by atoms with Gasteiger partial charge in [-0.15, -0.1) is 0 Å². The predicted octanol–water partition coefficient (Wildman–Crippen LogP) is 3.63. The summed E-state index contributed by atoms with van der Waals surface area (Å²) in [6.45, 7) is 2.05. The van der Waals surface area contributed by atoms with Crippen LogP contribution in [0.5, 0.6) is 0 Å². The minimum absolute atomic E-state index is 0.421. The molecule has 0 saturated carbocycles. The van der Waals surface area contributed by atoms with Crippen molar-refractivity contribution in [3.8, 4) is 0 Å². The number of benzene rings is 2. The highest BCUT2D eigenvalue weighted by molar-refractivity contribution is 5.63. The Kier molecular flexibility index (Phi) is 2.94. The molecule has 2 aromatic rings. The zero-order valence-corrected chi connectivity index (χ0v) is 11.3. The highest BCUT2D eigenvalue weighted by atomic mass is 14.6. The molecule has 0 bridgehead atoms. The third-order valence-electron chi connectivity index (χ3n) is 4.22. The second-order valence-corrected chi connectivity index (χ2v) is 5.48. The molecule has 0 saturated heterocycles. The Morgan fingerprint density at radius 3 is 2.63 bits per heavy atom. The van der Waals surface area contributed by atoms with Gasteiger partial charge in [-0.3, -0.25) is 0 Å². The van der Waals surface area contributed by atoms with Gasteiger partial charge in [-0.05, 0) is 54.5 Å². The van der Waals surface area contributed by atoms with E-state index in [0.717, 1.165) is 16.9 Å². The largest absolute Gasteiger partial charge is 0.398 e. The second-order valence-electron chi connectivity index (χ2n) is 5.48. The lowest BCUT2D eigenvalue weighted by atomic mass is 9.78. The van der Waals surface area contributed by atoms with Crippen molar-refractivity contribution in [2.45, 2.75) is 32.1 Å². The number of hydrogen-bond acceptors (Lipinski definition) is 2. The Morgan fingerprint density at radius 2 is 1.79 bits per heavy atom. The Labute approximate surface area is 114 Å². The molecule has 19 heavy (non-hydrogen) atoms. The van der Waals surface area contributed by atoms with Crippen molar-refractivity contribution in [2.24, 2.45) is 0 Å². The SMILES string of the molecule is Cc1cc(C2CCCc3ccccc32)c(N)cc1N. The van der Waals surface area contributed by atoms with Crippen molar-refractivity contribution in [3.63, 3.8) is 0 Å². The Bertz CT molecular complexity index is 617. The van der Waals surface area contributed by atoms with Crippen molar-refractivity contribution in [1.29, 1.82) is 0 Å². The highest BCUT2D eigenvalue weighted by Crippen LogP contribution is 2.39. The molecule has 1 unspecified atom stereocenters. The van der Waals surface area contributed by atoms with E-state index >= 15 is 0 Å². The maximum Gasteiger partial charge on any atom is 0.0373 e. The number of nitrogen functional groups attached to an aromatic ring is 2. The summed E-state index contributed by atoms with van der Waals surface area (Å²) in [6, 6.07) is 12.8. The van der Waals surface area contributed by atoms with E-state index in [2.05, 4.69) is 30.3 Å². The van der Waals surface area contributed by atoms with Gasteiger partial charge in [-0.1, -0.05) is 30.3 Å². The van der Waals surface area contributed by atoms with E-state index in [1.165, 1.54) is 36.0 Å². The summed E-state index contributed by atoms with van der Waals surface area (Å²) in [5.41, 5.74) is 19.0. The van der Waals surface area contributed by atoms with E-state index in [0.29, 0.717) is 5.92 Å². The molecule has 0 spiro atoms. The first-order chi connectivity index (χ1) is 9.16. The molecule has 0 radical (unpaired) electrons. The number of aryl methyl sites for hydroxylation is 2. The predicted molar refractivity (Wildman–Crippen MR) is 81.2 cm³/mol. The van der Waals surface area contributed by atoms with Crippen LogP contribution < -0.4 is 11.5 Å². The molecule has 0 fully saturated rings. The molecule has 1 aliphatic rings. The number of anilines is 2. The van der Waals surface area contributed by atoms with Gasteiger partial charge in [0.25, 0.3) is 0 Å². The summed E-state index contributed by atoms with van der Waals surface area (Å²) >= 11 is 0. The van der Waals surface area contributed by atoms with E-state index in [1.54, 1.807) is 0 Å². The standard InChI is InChI=1S/C17H20N2/c1-11-9-15(17(19)10-16(11)18)14-8-4-6-12-5-2-3-7-13(12)14/h2-3,5,7,9-10,14H,4,6,8,18-19H2,1H3. The number of fused-ring (bicyclic) bond motifs is 1. The number of nitrogens with two attached hydrogens (primary N) is 2. The van der Waals surface area contributed by atoms with Gasteiger partial charge in [0.2, 0.25) is 0 Å². The fraction of sp³-hybridized carbons (Fsp3) is 0.294. The topological polar surface area (TPSA) is 52.0 Å². The minimum atomic E-state index is 0.421. The molecule has 0 heterocycles. The third-order valence-corrected chi connectivity index (χ3v) is 4.22. The van der Waals surface area contributed by atoms with Crippen molar-refractivity contribution < 1.29 is 0 Å². The quantitative estimate of drug-likeness (QED) is 0.761. The van der Waals surface area contributed by atoms with Crippen LogP contribution in [0.3, 0.4) is 0 Å². The fourth-order valence-electron chi connectivity index (χ4n) is 3.14. The normalized spacial score (nSPS) is 18.1. The van der Waals surface area contributed by atoms with Crippen LogP contribution in [-0.4, -0.2) is 0 Å². The van der Waals surface area contributed by atoms with Crippen LogP contribution >= 0.6 is 0 Å². The molecular weight excluding hydrogens is 232 g/mol. The first-order valence-electron chi connectivity index (χ1n) is 6.90. The summed E-state index contributed by atoms with van der Waals surface area (Å²) in [4.78, 5) is 0. The molecule has 0 aromatic heterocycles. The zero-order valence-electron chi connectivity index (χ0n) is 11.3. The van der Waals surface area contributed by atoms with Crippen LogP contribution in [0, 0.1) is 6.92 Å². The summed E-state index contributed by atoms with van der Waals surface area (Å²) in [5.74, 6) is 0.421. The smallest absolute Gasteiger partial charge is 0.0373 e. The van der Waals surface area contributed by atoms with Crippen LogP contribution in [0.15, 0.2) is 36.4 Å².